The highest BCUT2D eigenvalue weighted by atomic mass is 35.5. The molecule has 108 valence electrons. The molecule has 1 heterocycles. The standard InChI is InChI=1S/C12H19ClN4O.ClH/c1-8(2)11-16-7-9(13)10(17-11)12(18)15-6-4-5-14-3;/h7-8,14H,4-6H2,1-3H3,(H,15,18);1H. The van der Waals surface area contributed by atoms with E-state index in [1.807, 2.05) is 20.9 Å². The summed E-state index contributed by atoms with van der Waals surface area (Å²) in [6, 6.07) is 0. The molecule has 1 aromatic rings. The Morgan fingerprint density at radius 3 is 2.68 bits per heavy atom. The lowest BCUT2D eigenvalue weighted by atomic mass is 10.2. The van der Waals surface area contributed by atoms with E-state index in [1.54, 1.807) is 0 Å². The maximum Gasteiger partial charge on any atom is 0.271 e. The van der Waals surface area contributed by atoms with Crippen molar-refractivity contribution < 1.29 is 4.79 Å². The van der Waals surface area contributed by atoms with Gasteiger partial charge in [0.1, 0.15) is 11.5 Å². The second-order valence-electron chi connectivity index (χ2n) is 4.29. The third-order valence-electron chi connectivity index (χ3n) is 2.38. The summed E-state index contributed by atoms with van der Waals surface area (Å²) in [4.78, 5) is 20.2. The van der Waals surface area contributed by atoms with Crippen LogP contribution in [0, 0.1) is 0 Å². The smallest absolute Gasteiger partial charge is 0.271 e. The molecule has 1 aromatic heterocycles. The second-order valence-corrected chi connectivity index (χ2v) is 4.70. The first kappa shape index (κ1) is 18.1. The summed E-state index contributed by atoms with van der Waals surface area (Å²) in [6.07, 6.45) is 2.34. The Kier molecular flexibility index (Phi) is 8.63. The van der Waals surface area contributed by atoms with Crippen molar-refractivity contribution in [3.8, 4) is 0 Å². The van der Waals surface area contributed by atoms with Crippen LogP contribution in [0.5, 0.6) is 0 Å². The maximum atomic E-state index is 11.9. The molecule has 2 N–H and O–H groups in total. The van der Waals surface area contributed by atoms with Crippen molar-refractivity contribution in [2.75, 3.05) is 20.1 Å². The summed E-state index contributed by atoms with van der Waals surface area (Å²) in [7, 11) is 1.87. The topological polar surface area (TPSA) is 66.9 Å². The lowest BCUT2D eigenvalue weighted by molar-refractivity contribution is 0.0948. The van der Waals surface area contributed by atoms with Crippen LogP contribution >= 0.6 is 24.0 Å². The Bertz CT molecular complexity index is 413. The number of aromatic nitrogens is 2. The van der Waals surface area contributed by atoms with Gasteiger partial charge in [-0.3, -0.25) is 4.79 Å². The molecule has 0 atom stereocenters. The number of nitrogens with one attached hydrogen (secondary N) is 2. The lowest BCUT2D eigenvalue weighted by Gasteiger charge is -2.08. The highest BCUT2D eigenvalue weighted by Crippen LogP contribution is 2.16. The van der Waals surface area contributed by atoms with Gasteiger partial charge >= 0.3 is 0 Å². The Morgan fingerprint density at radius 1 is 1.42 bits per heavy atom. The average Bonchev–Trinajstić information content (AvgIpc) is 2.34. The van der Waals surface area contributed by atoms with E-state index in [0.717, 1.165) is 13.0 Å². The van der Waals surface area contributed by atoms with Crippen LogP contribution in [0.25, 0.3) is 0 Å². The largest absolute Gasteiger partial charge is 0.351 e. The maximum absolute atomic E-state index is 11.9. The fourth-order valence-corrected chi connectivity index (χ4v) is 1.55. The number of carbonyl (C=O) groups excluding carboxylic acids is 1. The minimum atomic E-state index is -0.250. The Hall–Kier alpha value is -0.910. The molecule has 0 bridgehead atoms. The molecule has 0 unspecified atom stereocenters. The third kappa shape index (κ3) is 5.72. The van der Waals surface area contributed by atoms with Crippen molar-refractivity contribution in [1.82, 2.24) is 20.6 Å². The molecule has 19 heavy (non-hydrogen) atoms. The van der Waals surface area contributed by atoms with Gasteiger partial charge in [0.15, 0.2) is 0 Å². The molecule has 0 saturated heterocycles. The van der Waals surface area contributed by atoms with Gasteiger partial charge in [-0.25, -0.2) is 9.97 Å². The van der Waals surface area contributed by atoms with E-state index >= 15 is 0 Å². The van der Waals surface area contributed by atoms with E-state index in [9.17, 15) is 4.79 Å². The van der Waals surface area contributed by atoms with E-state index in [-0.39, 0.29) is 34.9 Å². The van der Waals surface area contributed by atoms with E-state index in [0.29, 0.717) is 12.4 Å². The molecule has 0 saturated carbocycles. The van der Waals surface area contributed by atoms with Crippen molar-refractivity contribution in [3.63, 3.8) is 0 Å². The summed E-state index contributed by atoms with van der Waals surface area (Å²) < 4.78 is 0. The van der Waals surface area contributed by atoms with E-state index in [1.165, 1.54) is 6.20 Å². The van der Waals surface area contributed by atoms with Crippen molar-refractivity contribution in [2.24, 2.45) is 0 Å². The zero-order valence-electron chi connectivity index (χ0n) is 11.4. The zero-order valence-corrected chi connectivity index (χ0v) is 12.9. The van der Waals surface area contributed by atoms with Gasteiger partial charge in [-0.1, -0.05) is 25.4 Å². The molecule has 7 heteroatoms. The van der Waals surface area contributed by atoms with Crippen LogP contribution in [0.15, 0.2) is 6.20 Å². The lowest BCUT2D eigenvalue weighted by Crippen LogP contribution is -2.28. The number of carbonyl (C=O) groups is 1. The molecule has 0 aromatic carbocycles. The van der Waals surface area contributed by atoms with Crippen LogP contribution in [0.1, 0.15) is 42.5 Å². The summed E-state index contributed by atoms with van der Waals surface area (Å²) in [5.41, 5.74) is 0.250. The number of rotatable bonds is 6. The SMILES string of the molecule is CNCCCNC(=O)c1nc(C(C)C)ncc1Cl.Cl. The fourth-order valence-electron chi connectivity index (χ4n) is 1.37. The highest BCUT2D eigenvalue weighted by molar-refractivity contribution is 6.33. The van der Waals surface area contributed by atoms with E-state index in [4.69, 9.17) is 11.6 Å². The minimum Gasteiger partial charge on any atom is -0.351 e. The number of amides is 1. The van der Waals surface area contributed by atoms with Gasteiger partial charge in [0.2, 0.25) is 0 Å². The van der Waals surface area contributed by atoms with Gasteiger partial charge < -0.3 is 10.6 Å². The van der Waals surface area contributed by atoms with Gasteiger partial charge in [-0.15, -0.1) is 12.4 Å². The Labute approximate surface area is 125 Å². The van der Waals surface area contributed by atoms with Gasteiger partial charge in [0.25, 0.3) is 5.91 Å². The molecular formula is C12H20Cl2N4O. The highest BCUT2D eigenvalue weighted by Gasteiger charge is 2.14. The fraction of sp³-hybridized carbons (Fsp3) is 0.583. The van der Waals surface area contributed by atoms with Crippen LogP contribution in [0.4, 0.5) is 0 Å². The Balaban J connectivity index is 0.00000324. The molecule has 0 spiro atoms. The first-order valence-electron chi connectivity index (χ1n) is 6.01. The van der Waals surface area contributed by atoms with Gasteiger partial charge in [0, 0.05) is 12.5 Å². The second kappa shape index (κ2) is 9.07. The van der Waals surface area contributed by atoms with Crippen LogP contribution in [0.2, 0.25) is 5.02 Å². The molecule has 0 aliphatic rings. The van der Waals surface area contributed by atoms with Crippen molar-refractivity contribution >= 4 is 29.9 Å². The molecule has 0 aliphatic carbocycles. The Morgan fingerprint density at radius 2 is 2.11 bits per heavy atom. The number of nitrogens with zero attached hydrogens (tertiary/aromatic N) is 2. The van der Waals surface area contributed by atoms with E-state index < -0.39 is 0 Å². The van der Waals surface area contributed by atoms with Crippen LogP contribution < -0.4 is 10.6 Å². The normalized spacial score (nSPS) is 10.2. The zero-order chi connectivity index (χ0) is 13.5. The monoisotopic (exact) mass is 306 g/mol. The summed E-state index contributed by atoms with van der Waals surface area (Å²) in [5.74, 6) is 0.540. The molecule has 1 amide bonds. The van der Waals surface area contributed by atoms with Gasteiger partial charge in [-0.2, -0.15) is 0 Å². The quantitative estimate of drug-likeness (QED) is 0.789. The van der Waals surface area contributed by atoms with Crippen molar-refractivity contribution in [1.29, 1.82) is 0 Å². The van der Waals surface area contributed by atoms with Gasteiger partial charge in [0.05, 0.1) is 11.2 Å². The van der Waals surface area contributed by atoms with Crippen molar-refractivity contribution in [2.45, 2.75) is 26.2 Å². The molecule has 0 aliphatic heterocycles. The molecular weight excluding hydrogens is 287 g/mol. The summed E-state index contributed by atoms with van der Waals surface area (Å²) >= 11 is 5.94. The summed E-state index contributed by atoms with van der Waals surface area (Å²) in [5, 5.41) is 6.08. The van der Waals surface area contributed by atoms with E-state index in [2.05, 4.69) is 20.6 Å². The predicted molar refractivity (Wildman–Crippen MR) is 79.3 cm³/mol. The molecule has 5 nitrogen and oxygen atoms in total. The first-order valence-corrected chi connectivity index (χ1v) is 6.39. The number of hydrogen-bond donors (Lipinski definition) is 2. The van der Waals surface area contributed by atoms with Crippen LogP contribution in [-0.2, 0) is 0 Å². The van der Waals surface area contributed by atoms with Gasteiger partial charge in [-0.05, 0) is 20.0 Å². The van der Waals surface area contributed by atoms with Crippen molar-refractivity contribution in [3.05, 3.63) is 22.7 Å². The number of hydrogen-bond acceptors (Lipinski definition) is 4. The average molecular weight is 307 g/mol. The molecule has 0 fully saturated rings. The van der Waals surface area contributed by atoms with Crippen LogP contribution in [0.3, 0.4) is 0 Å². The predicted octanol–water partition coefficient (Wildman–Crippen LogP) is 2.01. The third-order valence-corrected chi connectivity index (χ3v) is 2.66. The summed E-state index contributed by atoms with van der Waals surface area (Å²) in [6.45, 7) is 5.39. The number of halogens is 2. The minimum absolute atomic E-state index is 0. The first-order chi connectivity index (χ1) is 8.56. The molecule has 1 rings (SSSR count). The van der Waals surface area contributed by atoms with Crippen LogP contribution in [-0.4, -0.2) is 36.0 Å². The molecule has 0 radical (unpaired) electrons.